The number of hydrogen-bond acceptors (Lipinski definition) is 4. The lowest BCUT2D eigenvalue weighted by molar-refractivity contribution is -0.115. The van der Waals surface area contributed by atoms with Crippen molar-refractivity contribution in [3.63, 3.8) is 0 Å². The Morgan fingerprint density at radius 2 is 1.55 bits per heavy atom. The number of carbonyl (C=O) groups excluding carboxylic acids is 1. The molecule has 8 heteroatoms. The van der Waals surface area contributed by atoms with E-state index >= 15 is 0 Å². The molecule has 0 bridgehead atoms. The van der Waals surface area contributed by atoms with Gasteiger partial charge in [0, 0.05) is 22.0 Å². The van der Waals surface area contributed by atoms with Gasteiger partial charge in [-0.2, -0.15) is 0 Å². The van der Waals surface area contributed by atoms with Crippen molar-refractivity contribution in [3.05, 3.63) is 83.9 Å². The number of carboxylic acids is 1. The van der Waals surface area contributed by atoms with E-state index in [4.69, 9.17) is 17.3 Å². The second-order valence-corrected chi connectivity index (χ2v) is 9.05. The summed E-state index contributed by atoms with van der Waals surface area (Å²) in [7, 11) is 0. The number of thiocarbonyl (C=S) groups is 1. The van der Waals surface area contributed by atoms with E-state index in [9.17, 15) is 9.59 Å². The van der Waals surface area contributed by atoms with Crippen LogP contribution in [0.2, 0.25) is 0 Å². The number of nitrogens with one attached hydrogen (secondary N) is 3. The Kier molecular flexibility index (Phi) is 8.46. The van der Waals surface area contributed by atoms with Gasteiger partial charge in [-0.3, -0.25) is 4.79 Å². The predicted molar refractivity (Wildman–Crippen MR) is 139 cm³/mol. The van der Waals surface area contributed by atoms with Crippen LogP contribution >= 0.6 is 24.0 Å². The molecule has 0 aliphatic heterocycles. The molecule has 6 nitrogen and oxygen atoms in total. The minimum atomic E-state index is -1.04. The highest BCUT2D eigenvalue weighted by Crippen LogP contribution is 2.29. The number of carboxylic acid groups (broad SMARTS) is 1. The third-order valence-electron chi connectivity index (χ3n) is 4.72. The molecule has 0 spiro atoms. The Bertz CT molecular complexity index is 1150. The fourth-order valence-electron chi connectivity index (χ4n) is 3.02. The van der Waals surface area contributed by atoms with Crippen molar-refractivity contribution in [1.82, 2.24) is 0 Å². The van der Waals surface area contributed by atoms with E-state index in [1.165, 1.54) is 29.5 Å². The topological polar surface area (TPSA) is 90.5 Å². The molecule has 1 amide bonds. The van der Waals surface area contributed by atoms with Crippen LogP contribution in [0.1, 0.15) is 29.3 Å². The molecular formula is C25H25N3O3S2. The van der Waals surface area contributed by atoms with Gasteiger partial charge in [-0.15, -0.1) is 11.8 Å². The third kappa shape index (κ3) is 7.34. The van der Waals surface area contributed by atoms with E-state index in [0.717, 1.165) is 16.3 Å². The maximum Gasteiger partial charge on any atom is 0.335 e. The summed E-state index contributed by atoms with van der Waals surface area (Å²) >= 11 is 6.85. The molecule has 170 valence electrons. The van der Waals surface area contributed by atoms with Gasteiger partial charge in [0.1, 0.15) is 0 Å². The van der Waals surface area contributed by atoms with E-state index in [0.29, 0.717) is 17.2 Å². The minimum Gasteiger partial charge on any atom is -0.478 e. The third-order valence-corrected chi connectivity index (χ3v) is 6.28. The first-order valence-corrected chi connectivity index (χ1v) is 11.7. The van der Waals surface area contributed by atoms with Crippen molar-refractivity contribution in [2.45, 2.75) is 30.4 Å². The number of thioether (sulfide) groups is 1. The van der Waals surface area contributed by atoms with Crippen molar-refractivity contribution < 1.29 is 14.7 Å². The first-order valence-electron chi connectivity index (χ1n) is 10.4. The Hall–Kier alpha value is -3.36. The summed E-state index contributed by atoms with van der Waals surface area (Å²) in [6.07, 6.45) is 0.611. The molecule has 0 saturated heterocycles. The van der Waals surface area contributed by atoms with Crippen molar-refractivity contribution in [2.75, 3.05) is 16.0 Å². The first kappa shape index (κ1) is 24.3. The summed E-state index contributed by atoms with van der Waals surface area (Å²) < 4.78 is 0. The second-order valence-electron chi connectivity index (χ2n) is 7.36. The van der Waals surface area contributed by atoms with Gasteiger partial charge in [-0.05, 0) is 74.1 Å². The number of aromatic carboxylic acids is 1. The number of hydrogen-bond donors (Lipinski definition) is 4. The second kappa shape index (κ2) is 11.5. The van der Waals surface area contributed by atoms with Crippen molar-refractivity contribution in [1.29, 1.82) is 0 Å². The summed E-state index contributed by atoms with van der Waals surface area (Å²) in [6, 6.07) is 21.9. The number of rotatable bonds is 8. The molecule has 0 saturated carbocycles. The Morgan fingerprint density at radius 1 is 0.909 bits per heavy atom. The summed E-state index contributed by atoms with van der Waals surface area (Å²) in [5.74, 6) is -1.22. The van der Waals surface area contributed by atoms with E-state index in [-0.39, 0.29) is 16.7 Å². The number of benzene rings is 3. The van der Waals surface area contributed by atoms with Crippen LogP contribution in [0.4, 0.5) is 17.1 Å². The minimum absolute atomic E-state index is 0.127. The maximum atomic E-state index is 12.8. The Labute approximate surface area is 202 Å². The monoisotopic (exact) mass is 479 g/mol. The normalized spacial score (nSPS) is 11.3. The maximum absolute atomic E-state index is 12.8. The zero-order valence-corrected chi connectivity index (χ0v) is 19.9. The molecule has 3 aromatic carbocycles. The van der Waals surface area contributed by atoms with Crippen molar-refractivity contribution in [2.24, 2.45) is 0 Å². The number of carbonyl (C=O) groups is 2. The van der Waals surface area contributed by atoms with Crippen LogP contribution in [0.15, 0.2) is 77.7 Å². The average molecular weight is 480 g/mol. The summed E-state index contributed by atoms with van der Waals surface area (Å²) in [5.41, 5.74) is 3.48. The van der Waals surface area contributed by atoms with Crippen LogP contribution in [-0.4, -0.2) is 27.3 Å². The molecular weight excluding hydrogens is 454 g/mol. The van der Waals surface area contributed by atoms with Crippen LogP contribution in [0.3, 0.4) is 0 Å². The lowest BCUT2D eigenvalue weighted by Gasteiger charge is -2.16. The van der Waals surface area contributed by atoms with Gasteiger partial charge in [0.15, 0.2) is 5.11 Å². The number of anilines is 3. The molecule has 3 rings (SSSR count). The zero-order chi connectivity index (χ0) is 23.8. The van der Waals surface area contributed by atoms with Crippen LogP contribution in [0.25, 0.3) is 0 Å². The molecule has 0 fully saturated rings. The Morgan fingerprint density at radius 3 is 2.21 bits per heavy atom. The molecule has 33 heavy (non-hydrogen) atoms. The summed E-state index contributed by atoms with van der Waals surface area (Å²) in [4.78, 5) is 24.9. The number of amides is 1. The SMILES string of the molecule is CCC(Sc1cccc(NC(=S)Nc2ccc(C)cc2)c1)C(=O)Nc1cccc(C(=O)O)c1. The predicted octanol–water partition coefficient (Wildman–Crippen LogP) is 6.01. The van der Waals surface area contributed by atoms with Crippen molar-refractivity contribution >= 4 is 58.0 Å². The fourth-order valence-corrected chi connectivity index (χ4v) is 4.27. The van der Waals surface area contributed by atoms with E-state index in [1.54, 1.807) is 12.1 Å². The molecule has 1 atom stereocenters. The van der Waals surface area contributed by atoms with E-state index in [1.807, 2.05) is 62.4 Å². The van der Waals surface area contributed by atoms with Gasteiger partial charge >= 0.3 is 5.97 Å². The highest BCUT2D eigenvalue weighted by molar-refractivity contribution is 8.00. The quantitative estimate of drug-likeness (QED) is 0.232. The van der Waals surface area contributed by atoms with Gasteiger partial charge in [0.05, 0.1) is 10.8 Å². The van der Waals surface area contributed by atoms with Gasteiger partial charge in [0.2, 0.25) is 5.91 Å². The average Bonchev–Trinajstić information content (AvgIpc) is 2.79. The zero-order valence-electron chi connectivity index (χ0n) is 18.3. The lowest BCUT2D eigenvalue weighted by atomic mass is 10.2. The number of aryl methyl sites for hydroxylation is 1. The van der Waals surface area contributed by atoms with Crippen LogP contribution in [0.5, 0.6) is 0 Å². The smallest absolute Gasteiger partial charge is 0.335 e. The van der Waals surface area contributed by atoms with Crippen LogP contribution in [0, 0.1) is 6.92 Å². The highest BCUT2D eigenvalue weighted by atomic mass is 32.2. The highest BCUT2D eigenvalue weighted by Gasteiger charge is 2.19. The first-order chi connectivity index (χ1) is 15.8. The van der Waals surface area contributed by atoms with Gasteiger partial charge < -0.3 is 21.1 Å². The van der Waals surface area contributed by atoms with E-state index < -0.39 is 5.97 Å². The Balaban J connectivity index is 1.62. The largest absolute Gasteiger partial charge is 0.478 e. The van der Waals surface area contributed by atoms with Gasteiger partial charge in [0.25, 0.3) is 0 Å². The van der Waals surface area contributed by atoms with Crippen LogP contribution in [-0.2, 0) is 4.79 Å². The summed E-state index contributed by atoms with van der Waals surface area (Å²) in [5, 5.41) is 18.4. The van der Waals surface area contributed by atoms with Gasteiger partial charge in [-0.25, -0.2) is 4.79 Å². The summed E-state index contributed by atoms with van der Waals surface area (Å²) in [6.45, 7) is 3.97. The molecule has 0 aliphatic rings. The molecule has 4 N–H and O–H groups in total. The fraction of sp³-hybridized carbons (Fsp3) is 0.160. The molecule has 3 aromatic rings. The molecule has 0 aliphatic carbocycles. The molecule has 1 unspecified atom stereocenters. The lowest BCUT2D eigenvalue weighted by Crippen LogP contribution is -2.24. The van der Waals surface area contributed by atoms with Crippen LogP contribution < -0.4 is 16.0 Å². The molecule has 0 heterocycles. The molecule has 0 radical (unpaired) electrons. The van der Waals surface area contributed by atoms with Crippen molar-refractivity contribution in [3.8, 4) is 0 Å². The van der Waals surface area contributed by atoms with E-state index in [2.05, 4.69) is 16.0 Å². The standard InChI is InChI=1S/C25H25N3O3S2/c1-3-22(23(29)26-19-7-4-6-17(14-19)24(30)31)33-21-9-5-8-20(15-21)28-25(32)27-18-12-10-16(2)11-13-18/h4-15,22H,3H2,1-2H3,(H,26,29)(H,30,31)(H2,27,28,32). The van der Waals surface area contributed by atoms with Gasteiger partial charge in [-0.1, -0.05) is 36.8 Å². The molecule has 0 aromatic heterocycles.